The number of benzene rings is 2. The number of carbonyl (C=O) groups is 2. The van der Waals surface area contributed by atoms with Crippen LogP contribution in [0, 0.1) is 5.82 Å². The fourth-order valence-corrected chi connectivity index (χ4v) is 2.41. The molecule has 0 aliphatic carbocycles. The first-order valence-electron chi connectivity index (χ1n) is 8.16. The van der Waals surface area contributed by atoms with Crippen LogP contribution in [0.3, 0.4) is 0 Å². The average molecular weight is 364 g/mol. The Bertz CT molecular complexity index is 974. The highest BCUT2D eigenvalue weighted by Gasteiger charge is 2.08. The topological polar surface area (TPSA) is 83.1 Å². The van der Waals surface area contributed by atoms with E-state index >= 15 is 0 Å². The molecule has 3 aromatic rings. The van der Waals surface area contributed by atoms with Crippen LogP contribution in [0.5, 0.6) is 0 Å². The monoisotopic (exact) mass is 364 g/mol. The van der Waals surface area contributed by atoms with E-state index in [2.05, 4.69) is 20.9 Å². The molecule has 0 spiro atoms. The molecule has 0 saturated heterocycles. The van der Waals surface area contributed by atoms with Crippen molar-refractivity contribution in [3.05, 3.63) is 78.4 Å². The van der Waals surface area contributed by atoms with Crippen molar-refractivity contribution < 1.29 is 14.0 Å². The van der Waals surface area contributed by atoms with E-state index in [9.17, 15) is 14.0 Å². The van der Waals surface area contributed by atoms with Gasteiger partial charge in [-0.15, -0.1) is 0 Å². The Morgan fingerprint density at radius 1 is 0.852 bits per heavy atom. The molecule has 2 amide bonds. The normalized spacial score (nSPS) is 10.1. The molecule has 0 atom stereocenters. The zero-order valence-corrected chi connectivity index (χ0v) is 14.5. The lowest BCUT2D eigenvalue weighted by Crippen LogP contribution is -2.12. The fraction of sp³-hybridized carbons (Fsp3) is 0.0500. The zero-order valence-electron chi connectivity index (χ0n) is 14.5. The number of hydrogen-bond acceptors (Lipinski definition) is 4. The van der Waals surface area contributed by atoms with Gasteiger partial charge in [0.05, 0.1) is 17.4 Å². The molecular formula is C20H17FN4O2. The third kappa shape index (κ3) is 5.12. The van der Waals surface area contributed by atoms with Crippen molar-refractivity contribution in [3.8, 4) is 0 Å². The minimum absolute atomic E-state index is 0.142. The summed E-state index contributed by atoms with van der Waals surface area (Å²) in [6, 6.07) is 14.4. The van der Waals surface area contributed by atoms with Gasteiger partial charge in [-0.05, 0) is 48.5 Å². The van der Waals surface area contributed by atoms with E-state index in [0.717, 1.165) is 5.69 Å². The van der Waals surface area contributed by atoms with Crippen molar-refractivity contribution in [3.63, 3.8) is 0 Å². The second kappa shape index (κ2) is 8.09. The molecule has 136 valence electrons. The van der Waals surface area contributed by atoms with E-state index in [1.165, 1.54) is 31.3 Å². The number of pyridine rings is 1. The summed E-state index contributed by atoms with van der Waals surface area (Å²) in [5.41, 5.74) is 2.78. The predicted molar refractivity (Wildman–Crippen MR) is 103 cm³/mol. The maximum atomic E-state index is 13.2. The summed E-state index contributed by atoms with van der Waals surface area (Å²) in [4.78, 5) is 27.4. The van der Waals surface area contributed by atoms with Gasteiger partial charge in [0.2, 0.25) is 5.91 Å². The minimum atomic E-state index is -0.427. The molecule has 7 heteroatoms. The molecule has 1 heterocycles. The van der Waals surface area contributed by atoms with Crippen molar-refractivity contribution in [1.82, 2.24) is 4.98 Å². The lowest BCUT2D eigenvalue weighted by Gasteiger charge is -2.10. The van der Waals surface area contributed by atoms with Crippen molar-refractivity contribution in [1.29, 1.82) is 0 Å². The Labute approximate surface area is 155 Å². The number of nitrogens with zero attached hydrogens (tertiary/aromatic N) is 1. The van der Waals surface area contributed by atoms with Crippen LogP contribution in [0.15, 0.2) is 67.0 Å². The van der Waals surface area contributed by atoms with Crippen LogP contribution in [0.2, 0.25) is 0 Å². The van der Waals surface area contributed by atoms with Gasteiger partial charge in [-0.2, -0.15) is 0 Å². The second-order valence-corrected chi connectivity index (χ2v) is 5.81. The maximum absolute atomic E-state index is 13.2. The van der Waals surface area contributed by atoms with E-state index in [1.807, 2.05) is 0 Å². The number of amides is 2. The van der Waals surface area contributed by atoms with Crippen LogP contribution in [0.1, 0.15) is 17.3 Å². The molecule has 1 aromatic heterocycles. The summed E-state index contributed by atoms with van der Waals surface area (Å²) >= 11 is 0. The Balaban J connectivity index is 1.69. The third-order valence-electron chi connectivity index (χ3n) is 3.58. The molecular weight excluding hydrogens is 347 g/mol. The van der Waals surface area contributed by atoms with Crippen LogP contribution in [-0.2, 0) is 4.79 Å². The molecule has 0 unspecified atom stereocenters. The SMILES string of the molecule is CC(=O)Nc1ccc(Nc2cncc(C(=O)Nc3cccc(F)c3)c2)cc1. The lowest BCUT2D eigenvalue weighted by atomic mass is 10.2. The first-order valence-corrected chi connectivity index (χ1v) is 8.16. The van der Waals surface area contributed by atoms with E-state index in [-0.39, 0.29) is 5.91 Å². The third-order valence-corrected chi connectivity index (χ3v) is 3.58. The largest absolute Gasteiger partial charge is 0.354 e. The highest BCUT2D eigenvalue weighted by Crippen LogP contribution is 2.20. The van der Waals surface area contributed by atoms with Gasteiger partial charge < -0.3 is 16.0 Å². The quantitative estimate of drug-likeness (QED) is 0.634. The second-order valence-electron chi connectivity index (χ2n) is 5.81. The smallest absolute Gasteiger partial charge is 0.257 e. The van der Waals surface area contributed by atoms with Crippen LogP contribution >= 0.6 is 0 Å². The fourth-order valence-electron chi connectivity index (χ4n) is 2.41. The van der Waals surface area contributed by atoms with Crippen LogP contribution in [0.4, 0.5) is 27.1 Å². The molecule has 0 aliphatic rings. The van der Waals surface area contributed by atoms with Crippen molar-refractivity contribution in [2.24, 2.45) is 0 Å². The molecule has 6 nitrogen and oxygen atoms in total. The molecule has 3 rings (SSSR count). The number of anilines is 4. The first-order chi connectivity index (χ1) is 13.0. The van der Waals surface area contributed by atoms with E-state index in [1.54, 1.807) is 42.6 Å². The Morgan fingerprint density at radius 2 is 1.59 bits per heavy atom. The van der Waals surface area contributed by atoms with Gasteiger partial charge in [0.15, 0.2) is 0 Å². The molecule has 0 radical (unpaired) electrons. The summed E-state index contributed by atoms with van der Waals surface area (Å²) in [7, 11) is 0. The van der Waals surface area contributed by atoms with E-state index in [0.29, 0.717) is 22.6 Å². The van der Waals surface area contributed by atoms with Gasteiger partial charge in [0, 0.05) is 30.2 Å². The van der Waals surface area contributed by atoms with Crippen molar-refractivity contribution in [2.45, 2.75) is 6.92 Å². The van der Waals surface area contributed by atoms with Crippen LogP contribution < -0.4 is 16.0 Å². The first kappa shape index (κ1) is 18.1. The minimum Gasteiger partial charge on any atom is -0.354 e. The Morgan fingerprint density at radius 3 is 2.30 bits per heavy atom. The maximum Gasteiger partial charge on any atom is 0.257 e. The van der Waals surface area contributed by atoms with Gasteiger partial charge in [0.25, 0.3) is 5.91 Å². The van der Waals surface area contributed by atoms with Crippen molar-refractivity contribution >= 4 is 34.6 Å². The Hall–Kier alpha value is -3.74. The number of carbonyl (C=O) groups excluding carboxylic acids is 2. The van der Waals surface area contributed by atoms with Gasteiger partial charge in [-0.25, -0.2) is 4.39 Å². The summed E-state index contributed by atoms with van der Waals surface area (Å²) in [6.45, 7) is 1.44. The molecule has 0 saturated carbocycles. The van der Waals surface area contributed by atoms with Gasteiger partial charge in [-0.1, -0.05) is 6.07 Å². The lowest BCUT2D eigenvalue weighted by molar-refractivity contribution is -0.114. The summed E-state index contributed by atoms with van der Waals surface area (Å²) in [5, 5.41) is 8.45. The summed E-state index contributed by atoms with van der Waals surface area (Å²) < 4.78 is 13.2. The van der Waals surface area contributed by atoms with Gasteiger partial charge in [0.1, 0.15) is 5.82 Å². The molecule has 0 bridgehead atoms. The van der Waals surface area contributed by atoms with Crippen molar-refractivity contribution in [2.75, 3.05) is 16.0 Å². The van der Waals surface area contributed by atoms with Gasteiger partial charge in [-0.3, -0.25) is 14.6 Å². The zero-order chi connectivity index (χ0) is 19.2. The number of nitrogens with one attached hydrogen (secondary N) is 3. The number of hydrogen-bond donors (Lipinski definition) is 3. The van der Waals surface area contributed by atoms with Gasteiger partial charge >= 0.3 is 0 Å². The average Bonchev–Trinajstić information content (AvgIpc) is 2.63. The highest BCUT2D eigenvalue weighted by atomic mass is 19.1. The predicted octanol–water partition coefficient (Wildman–Crippen LogP) is 4.18. The summed E-state index contributed by atoms with van der Waals surface area (Å²) in [6.07, 6.45) is 3.01. The van der Waals surface area contributed by atoms with Crippen LogP contribution in [0.25, 0.3) is 0 Å². The Kier molecular flexibility index (Phi) is 5.41. The standard InChI is InChI=1S/C20H17FN4O2/c1-13(26)23-16-5-7-17(8-6-16)24-19-9-14(11-22-12-19)20(27)25-18-4-2-3-15(21)10-18/h2-12,24H,1H3,(H,23,26)(H,25,27). The number of aromatic nitrogens is 1. The van der Waals surface area contributed by atoms with Crippen LogP contribution in [-0.4, -0.2) is 16.8 Å². The number of halogens is 1. The van der Waals surface area contributed by atoms with E-state index < -0.39 is 11.7 Å². The van der Waals surface area contributed by atoms with E-state index in [4.69, 9.17) is 0 Å². The molecule has 3 N–H and O–H groups in total. The molecule has 2 aromatic carbocycles. The highest BCUT2D eigenvalue weighted by molar-refractivity contribution is 6.04. The molecule has 27 heavy (non-hydrogen) atoms. The molecule has 0 fully saturated rings. The number of rotatable bonds is 5. The summed E-state index contributed by atoms with van der Waals surface area (Å²) in [5.74, 6) is -0.960. The molecule has 0 aliphatic heterocycles.